The first kappa shape index (κ1) is 11.4. The molecule has 1 atom stereocenters. The lowest BCUT2D eigenvalue weighted by Crippen LogP contribution is -2.45. The third kappa shape index (κ3) is 4.05. The van der Waals surface area contributed by atoms with Crippen LogP contribution in [0.1, 0.15) is 13.8 Å². The minimum absolute atomic E-state index is 0.234. The number of rotatable bonds is 4. The van der Waals surface area contributed by atoms with Crippen molar-refractivity contribution in [3.63, 3.8) is 0 Å². The Morgan fingerprint density at radius 1 is 1.64 bits per heavy atom. The fraction of sp³-hybridized carbons (Fsp3) is 0.900. The number of morpholine rings is 1. The quantitative estimate of drug-likeness (QED) is 0.700. The Morgan fingerprint density at radius 3 is 3.07 bits per heavy atom. The van der Waals surface area contributed by atoms with E-state index in [0.29, 0.717) is 12.6 Å². The lowest BCUT2D eigenvalue weighted by molar-refractivity contribution is 0.000980. The predicted octanol–water partition coefficient (Wildman–Crippen LogP) is 0.209. The molecule has 0 aliphatic carbocycles. The molecule has 1 aliphatic rings. The maximum absolute atomic E-state index is 8.71. The van der Waals surface area contributed by atoms with Crippen molar-refractivity contribution < 1.29 is 4.74 Å². The van der Waals surface area contributed by atoms with Crippen molar-refractivity contribution in [3.8, 4) is 6.07 Å². The molecule has 1 aliphatic heterocycles. The molecule has 1 saturated heterocycles. The molecule has 0 bridgehead atoms. The Balaban J connectivity index is 2.15. The summed E-state index contributed by atoms with van der Waals surface area (Å²) in [6, 6.07) is 2.68. The largest absolute Gasteiger partial charge is 0.361 e. The molecule has 0 aromatic heterocycles. The molecule has 0 spiro atoms. The Kier molecular flexibility index (Phi) is 4.88. The number of hydrogen-bond donors (Lipinski definition) is 1. The van der Waals surface area contributed by atoms with Gasteiger partial charge >= 0.3 is 0 Å². The number of nitrogens with one attached hydrogen (secondary N) is 1. The van der Waals surface area contributed by atoms with Gasteiger partial charge in [-0.05, 0) is 0 Å². The van der Waals surface area contributed by atoms with Gasteiger partial charge in [0.25, 0.3) is 0 Å². The van der Waals surface area contributed by atoms with Crippen LogP contribution < -0.4 is 5.32 Å². The first-order valence-corrected chi connectivity index (χ1v) is 5.19. The van der Waals surface area contributed by atoms with Gasteiger partial charge in [-0.25, -0.2) is 0 Å². The van der Waals surface area contributed by atoms with Gasteiger partial charge in [0.05, 0.1) is 12.7 Å². The Labute approximate surface area is 85.8 Å². The standard InChI is InChI=1S/C10H19N3O/c1-9(2)12-3-4-13-5-6-14-10(7-11)8-13/h9-10,12H,3-6,8H2,1-2H3. The maximum Gasteiger partial charge on any atom is 0.156 e. The van der Waals surface area contributed by atoms with E-state index in [2.05, 4.69) is 30.1 Å². The number of hydrogen-bond acceptors (Lipinski definition) is 4. The van der Waals surface area contributed by atoms with Gasteiger partial charge in [-0.2, -0.15) is 5.26 Å². The highest BCUT2D eigenvalue weighted by Crippen LogP contribution is 2.02. The Bertz CT molecular complexity index is 200. The molecular weight excluding hydrogens is 178 g/mol. The minimum atomic E-state index is -0.234. The van der Waals surface area contributed by atoms with Crippen LogP contribution in [0.5, 0.6) is 0 Å². The van der Waals surface area contributed by atoms with E-state index in [0.717, 1.165) is 26.2 Å². The van der Waals surface area contributed by atoms with E-state index in [9.17, 15) is 0 Å². The summed E-state index contributed by atoms with van der Waals surface area (Å²) < 4.78 is 5.26. The first-order chi connectivity index (χ1) is 6.72. The van der Waals surface area contributed by atoms with Crippen molar-refractivity contribution in [2.24, 2.45) is 0 Å². The average molecular weight is 197 g/mol. The van der Waals surface area contributed by atoms with Crippen LogP contribution in [0.4, 0.5) is 0 Å². The molecule has 4 heteroatoms. The maximum atomic E-state index is 8.71. The van der Waals surface area contributed by atoms with Crippen LogP contribution in [-0.2, 0) is 4.74 Å². The minimum Gasteiger partial charge on any atom is -0.361 e. The summed E-state index contributed by atoms with van der Waals surface area (Å²) >= 11 is 0. The third-order valence-corrected chi connectivity index (χ3v) is 2.28. The van der Waals surface area contributed by atoms with Crippen molar-refractivity contribution in [1.29, 1.82) is 5.26 Å². The SMILES string of the molecule is CC(C)NCCN1CCOC(C#N)C1. The normalized spacial score (nSPS) is 23.7. The molecule has 1 fully saturated rings. The predicted molar refractivity (Wildman–Crippen MR) is 54.9 cm³/mol. The van der Waals surface area contributed by atoms with Crippen LogP contribution in [0.3, 0.4) is 0 Å². The van der Waals surface area contributed by atoms with Gasteiger partial charge in [-0.1, -0.05) is 13.8 Å². The lowest BCUT2D eigenvalue weighted by atomic mass is 10.3. The molecule has 80 valence electrons. The van der Waals surface area contributed by atoms with E-state index < -0.39 is 0 Å². The van der Waals surface area contributed by atoms with Gasteiger partial charge in [0.1, 0.15) is 0 Å². The first-order valence-electron chi connectivity index (χ1n) is 5.19. The Morgan fingerprint density at radius 2 is 2.43 bits per heavy atom. The van der Waals surface area contributed by atoms with Gasteiger partial charge in [0.2, 0.25) is 0 Å². The number of ether oxygens (including phenoxy) is 1. The zero-order valence-corrected chi connectivity index (χ0v) is 8.99. The lowest BCUT2D eigenvalue weighted by Gasteiger charge is -2.29. The van der Waals surface area contributed by atoms with Crippen LogP contribution in [0.25, 0.3) is 0 Å². The fourth-order valence-corrected chi connectivity index (χ4v) is 1.50. The molecule has 4 nitrogen and oxygen atoms in total. The summed E-state index contributed by atoms with van der Waals surface area (Å²) in [7, 11) is 0. The fourth-order valence-electron chi connectivity index (χ4n) is 1.50. The molecule has 0 radical (unpaired) electrons. The molecule has 0 aromatic carbocycles. The zero-order chi connectivity index (χ0) is 10.4. The van der Waals surface area contributed by atoms with E-state index in [1.165, 1.54) is 0 Å². The highest BCUT2D eigenvalue weighted by molar-refractivity contribution is 4.89. The van der Waals surface area contributed by atoms with E-state index in [4.69, 9.17) is 10.00 Å². The van der Waals surface area contributed by atoms with Crippen LogP contribution in [0.2, 0.25) is 0 Å². The number of nitriles is 1. The van der Waals surface area contributed by atoms with Crippen molar-refractivity contribution in [1.82, 2.24) is 10.2 Å². The van der Waals surface area contributed by atoms with Gasteiger partial charge in [0.15, 0.2) is 6.10 Å². The van der Waals surface area contributed by atoms with E-state index in [1.54, 1.807) is 0 Å². The van der Waals surface area contributed by atoms with Gasteiger partial charge in [0, 0.05) is 32.2 Å². The van der Waals surface area contributed by atoms with Gasteiger partial charge < -0.3 is 10.1 Å². The summed E-state index contributed by atoms with van der Waals surface area (Å²) in [6.07, 6.45) is -0.234. The average Bonchev–Trinajstić information content (AvgIpc) is 2.18. The van der Waals surface area contributed by atoms with Gasteiger partial charge in [-0.3, -0.25) is 4.90 Å². The van der Waals surface area contributed by atoms with E-state index in [-0.39, 0.29) is 6.10 Å². The summed E-state index contributed by atoms with van der Waals surface area (Å²) in [5.41, 5.74) is 0. The molecule has 14 heavy (non-hydrogen) atoms. The van der Waals surface area contributed by atoms with Crippen molar-refractivity contribution in [3.05, 3.63) is 0 Å². The highest BCUT2D eigenvalue weighted by atomic mass is 16.5. The molecule has 0 aromatic rings. The van der Waals surface area contributed by atoms with Crippen LogP contribution in [0, 0.1) is 11.3 Å². The molecule has 1 heterocycles. The summed E-state index contributed by atoms with van der Waals surface area (Å²) in [5, 5.41) is 12.1. The molecule has 1 N–H and O–H groups in total. The van der Waals surface area contributed by atoms with Crippen molar-refractivity contribution >= 4 is 0 Å². The van der Waals surface area contributed by atoms with Crippen molar-refractivity contribution in [2.45, 2.75) is 26.0 Å². The molecular formula is C10H19N3O. The topological polar surface area (TPSA) is 48.3 Å². The number of nitrogens with zero attached hydrogens (tertiary/aromatic N) is 2. The molecule has 0 saturated carbocycles. The zero-order valence-electron chi connectivity index (χ0n) is 8.99. The van der Waals surface area contributed by atoms with Crippen LogP contribution >= 0.6 is 0 Å². The second-order valence-corrected chi connectivity index (χ2v) is 3.90. The second-order valence-electron chi connectivity index (χ2n) is 3.90. The van der Waals surface area contributed by atoms with E-state index in [1.807, 2.05) is 0 Å². The van der Waals surface area contributed by atoms with Gasteiger partial charge in [-0.15, -0.1) is 0 Å². The van der Waals surface area contributed by atoms with Crippen LogP contribution in [-0.4, -0.2) is 49.8 Å². The monoisotopic (exact) mass is 197 g/mol. The second kappa shape index (κ2) is 5.97. The summed E-state index contributed by atoms with van der Waals surface area (Å²) in [5.74, 6) is 0. The third-order valence-electron chi connectivity index (χ3n) is 2.28. The van der Waals surface area contributed by atoms with Crippen LogP contribution in [0.15, 0.2) is 0 Å². The molecule has 0 amide bonds. The van der Waals surface area contributed by atoms with Crippen molar-refractivity contribution in [2.75, 3.05) is 32.8 Å². The van der Waals surface area contributed by atoms with E-state index >= 15 is 0 Å². The molecule has 1 rings (SSSR count). The molecule has 1 unspecified atom stereocenters. The Hall–Kier alpha value is -0.630. The summed E-state index contributed by atoms with van der Waals surface area (Å²) in [4.78, 5) is 2.27. The summed E-state index contributed by atoms with van der Waals surface area (Å²) in [6.45, 7) is 8.62. The highest BCUT2D eigenvalue weighted by Gasteiger charge is 2.18. The smallest absolute Gasteiger partial charge is 0.156 e.